The van der Waals surface area contributed by atoms with Crippen LogP contribution < -0.4 is 10.1 Å². The fraction of sp³-hybridized carbons (Fsp3) is 0.292. The zero-order chi connectivity index (χ0) is 28.0. The van der Waals surface area contributed by atoms with Gasteiger partial charge in [0.05, 0.1) is 11.4 Å². The van der Waals surface area contributed by atoms with Crippen molar-refractivity contribution in [1.82, 2.24) is 9.88 Å². The summed E-state index contributed by atoms with van der Waals surface area (Å²) in [6, 6.07) is 4.44. The SMILES string of the molecule is Cc1c([C@@H](C)C(=O)NC(C)(C)C(=O)O)c2c(F)c(O)c(F)cc2n1C(=O)c1ccc(OC(F)(F)F)cc1. The number of fused-ring (bicyclic) bond motifs is 1. The Hall–Kier alpha value is -4.16. The molecular formula is C24H21F5N2O6. The summed E-state index contributed by atoms with van der Waals surface area (Å²) in [6.07, 6.45) is -4.96. The van der Waals surface area contributed by atoms with Crippen molar-refractivity contribution in [3.8, 4) is 11.5 Å². The number of nitrogens with zero attached hydrogens (tertiary/aromatic N) is 1. The molecule has 3 N–H and O–H groups in total. The molecule has 3 rings (SSSR count). The molecule has 37 heavy (non-hydrogen) atoms. The van der Waals surface area contributed by atoms with E-state index in [2.05, 4.69) is 10.1 Å². The van der Waals surface area contributed by atoms with Crippen molar-refractivity contribution in [2.24, 2.45) is 0 Å². The number of phenols is 1. The number of nitrogens with one attached hydrogen (secondary N) is 1. The van der Waals surface area contributed by atoms with E-state index in [-0.39, 0.29) is 22.3 Å². The van der Waals surface area contributed by atoms with Crippen molar-refractivity contribution in [1.29, 1.82) is 0 Å². The molecule has 0 spiro atoms. The van der Waals surface area contributed by atoms with Gasteiger partial charge in [-0.05, 0) is 57.5 Å². The molecule has 0 radical (unpaired) electrons. The minimum atomic E-state index is -4.96. The number of hydrogen-bond donors (Lipinski definition) is 3. The summed E-state index contributed by atoms with van der Waals surface area (Å²) in [7, 11) is 0. The molecular weight excluding hydrogens is 507 g/mol. The van der Waals surface area contributed by atoms with Crippen LogP contribution in [0, 0.1) is 18.6 Å². The normalized spacial score (nSPS) is 12.9. The summed E-state index contributed by atoms with van der Waals surface area (Å²) in [6.45, 7) is 5.04. The van der Waals surface area contributed by atoms with Crippen molar-refractivity contribution in [3.05, 3.63) is 58.8 Å². The lowest BCUT2D eigenvalue weighted by Gasteiger charge is -2.23. The van der Waals surface area contributed by atoms with E-state index in [9.17, 15) is 42.2 Å². The molecule has 0 aliphatic rings. The van der Waals surface area contributed by atoms with Gasteiger partial charge in [-0.2, -0.15) is 0 Å². The minimum Gasteiger partial charge on any atom is -0.503 e. The largest absolute Gasteiger partial charge is 0.573 e. The Bertz CT molecular complexity index is 1410. The van der Waals surface area contributed by atoms with E-state index >= 15 is 4.39 Å². The van der Waals surface area contributed by atoms with Gasteiger partial charge < -0.3 is 20.3 Å². The molecule has 0 saturated carbocycles. The molecule has 0 aliphatic carbocycles. The molecule has 1 heterocycles. The van der Waals surface area contributed by atoms with Crippen LogP contribution in [0.25, 0.3) is 10.9 Å². The van der Waals surface area contributed by atoms with Gasteiger partial charge in [-0.3, -0.25) is 14.2 Å². The Morgan fingerprint density at radius 3 is 2.16 bits per heavy atom. The number of ether oxygens (including phenoxy) is 1. The van der Waals surface area contributed by atoms with Crippen LogP contribution in [0.3, 0.4) is 0 Å². The first-order chi connectivity index (χ1) is 17.0. The summed E-state index contributed by atoms with van der Waals surface area (Å²) < 4.78 is 71.4. The van der Waals surface area contributed by atoms with Gasteiger partial charge >= 0.3 is 12.3 Å². The topological polar surface area (TPSA) is 118 Å². The van der Waals surface area contributed by atoms with Crippen molar-refractivity contribution in [2.75, 3.05) is 0 Å². The molecule has 2 aromatic carbocycles. The van der Waals surface area contributed by atoms with Gasteiger partial charge in [-0.25, -0.2) is 13.6 Å². The minimum absolute atomic E-state index is 0.0460. The number of carboxylic acid groups (broad SMARTS) is 1. The molecule has 1 aromatic heterocycles. The highest BCUT2D eigenvalue weighted by Crippen LogP contribution is 2.39. The number of halogens is 5. The zero-order valence-corrected chi connectivity index (χ0v) is 19.8. The second-order valence-corrected chi connectivity index (χ2v) is 8.77. The maximum atomic E-state index is 15.1. The first-order valence-corrected chi connectivity index (χ1v) is 10.6. The number of hydrogen-bond acceptors (Lipinski definition) is 5. The van der Waals surface area contributed by atoms with Gasteiger partial charge in [0.15, 0.2) is 17.4 Å². The molecule has 13 heteroatoms. The van der Waals surface area contributed by atoms with Crippen LogP contribution in [-0.2, 0) is 9.59 Å². The highest BCUT2D eigenvalue weighted by molar-refractivity contribution is 6.06. The number of aromatic hydroxyl groups is 1. The lowest BCUT2D eigenvalue weighted by molar-refractivity contribution is -0.274. The van der Waals surface area contributed by atoms with E-state index in [4.69, 9.17) is 0 Å². The monoisotopic (exact) mass is 528 g/mol. The van der Waals surface area contributed by atoms with E-state index in [0.717, 1.165) is 28.8 Å². The first kappa shape index (κ1) is 27.4. The number of aromatic nitrogens is 1. The molecule has 0 fully saturated rings. The summed E-state index contributed by atoms with van der Waals surface area (Å²) >= 11 is 0. The number of rotatable bonds is 6. The first-order valence-electron chi connectivity index (χ1n) is 10.6. The third-order valence-corrected chi connectivity index (χ3v) is 5.74. The third-order valence-electron chi connectivity index (χ3n) is 5.74. The summed E-state index contributed by atoms with van der Waals surface area (Å²) in [4.78, 5) is 37.6. The molecule has 0 bridgehead atoms. The maximum absolute atomic E-state index is 15.1. The van der Waals surface area contributed by atoms with Crippen LogP contribution in [-0.4, -0.2) is 44.5 Å². The molecule has 3 aromatic rings. The summed E-state index contributed by atoms with van der Waals surface area (Å²) in [5.41, 5.74) is -2.43. The van der Waals surface area contributed by atoms with Crippen LogP contribution in [0.15, 0.2) is 30.3 Å². The summed E-state index contributed by atoms with van der Waals surface area (Å²) in [5, 5.41) is 21.0. The van der Waals surface area contributed by atoms with Crippen molar-refractivity contribution in [3.63, 3.8) is 0 Å². The van der Waals surface area contributed by atoms with E-state index in [1.165, 1.54) is 27.7 Å². The molecule has 1 amide bonds. The van der Waals surface area contributed by atoms with Crippen LogP contribution in [0.4, 0.5) is 22.0 Å². The molecule has 0 aliphatic heterocycles. The number of alkyl halides is 3. The lowest BCUT2D eigenvalue weighted by atomic mass is 9.95. The molecule has 198 valence electrons. The van der Waals surface area contributed by atoms with E-state index in [1.807, 2.05) is 0 Å². The molecule has 0 unspecified atom stereocenters. The Morgan fingerprint density at radius 1 is 1.08 bits per heavy atom. The Balaban J connectivity index is 2.17. The number of amides is 1. The smallest absolute Gasteiger partial charge is 0.503 e. The highest BCUT2D eigenvalue weighted by Gasteiger charge is 2.35. The number of phenolic OH excluding ortho intramolecular Hbond substituents is 1. The van der Waals surface area contributed by atoms with E-state index in [0.29, 0.717) is 6.07 Å². The summed E-state index contributed by atoms with van der Waals surface area (Å²) in [5.74, 6) is -9.22. The molecule has 0 saturated heterocycles. The third kappa shape index (κ3) is 5.20. The number of aliphatic carboxylic acids is 1. The fourth-order valence-corrected chi connectivity index (χ4v) is 3.83. The van der Waals surface area contributed by atoms with Crippen LogP contribution >= 0.6 is 0 Å². The predicted molar refractivity (Wildman–Crippen MR) is 119 cm³/mol. The van der Waals surface area contributed by atoms with Crippen molar-refractivity contribution in [2.45, 2.75) is 45.5 Å². The maximum Gasteiger partial charge on any atom is 0.573 e. The quantitative estimate of drug-likeness (QED) is 0.403. The molecule has 8 nitrogen and oxygen atoms in total. The average molecular weight is 528 g/mol. The van der Waals surface area contributed by atoms with Gasteiger partial charge in [0.25, 0.3) is 5.91 Å². The van der Waals surface area contributed by atoms with Crippen LogP contribution in [0.2, 0.25) is 0 Å². The molecule has 1 atom stereocenters. The van der Waals surface area contributed by atoms with E-state index in [1.54, 1.807) is 0 Å². The highest BCUT2D eigenvalue weighted by atomic mass is 19.4. The van der Waals surface area contributed by atoms with Gasteiger partial charge in [-0.1, -0.05) is 0 Å². The Kier molecular flexibility index (Phi) is 6.95. The van der Waals surface area contributed by atoms with Gasteiger partial charge in [0, 0.05) is 22.7 Å². The number of carbonyl (C=O) groups excluding carboxylic acids is 2. The standard InChI is InChI=1S/C24H21F5N2O6/c1-10(20(33)30-23(3,4)22(35)36)16-11(2)31(15-9-14(25)19(32)18(26)17(15)16)21(34)12-5-7-13(8-6-12)37-24(27,28)29/h5-10,32H,1-4H3,(H,30,33)(H,35,36)/t10-/m1/s1. The number of carboxylic acids is 1. The van der Waals surface area contributed by atoms with Crippen LogP contribution in [0.5, 0.6) is 11.5 Å². The Labute approximate surface area is 206 Å². The zero-order valence-electron chi connectivity index (χ0n) is 19.8. The Morgan fingerprint density at radius 2 is 1.65 bits per heavy atom. The van der Waals surface area contributed by atoms with Gasteiger partial charge in [-0.15, -0.1) is 13.2 Å². The average Bonchev–Trinajstić information content (AvgIpc) is 3.07. The fourth-order valence-electron chi connectivity index (χ4n) is 3.83. The second-order valence-electron chi connectivity index (χ2n) is 8.77. The van der Waals surface area contributed by atoms with Crippen molar-refractivity contribution >= 4 is 28.7 Å². The number of carbonyl (C=O) groups is 3. The van der Waals surface area contributed by atoms with Gasteiger partial charge in [0.2, 0.25) is 5.91 Å². The van der Waals surface area contributed by atoms with E-state index < -0.39 is 64.1 Å². The van der Waals surface area contributed by atoms with Crippen molar-refractivity contribution < 1.29 is 51.3 Å². The lowest BCUT2D eigenvalue weighted by Crippen LogP contribution is -2.50. The van der Waals surface area contributed by atoms with Crippen LogP contribution in [0.1, 0.15) is 48.3 Å². The predicted octanol–water partition coefficient (Wildman–Crippen LogP) is 4.60. The second kappa shape index (κ2) is 9.37. The number of benzene rings is 2. The van der Waals surface area contributed by atoms with Gasteiger partial charge in [0.1, 0.15) is 11.3 Å².